The van der Waals surface area contributed by atoms with E-state index in [0.29, 0.717) is 5.02 Å². The number of methoxy groups -OCH3 is 1. The van der Waals surface area contributed by atoms with Crippen LogP contribution < -0.4 is 9.46 Å². The van der Waals surface area contributed by atoms with Crippen molar-refractivity contribution < 1.29 is 13.2 Å². The molecule has 0 saturated carbocycles. The van der Waals surface area contributed by atoms with Gasteiger partial charge in [0.1, 0.15) is 5.75 Å². The van der Waals surface area contributed by atoms with Crippen LogP contribution in [0.25, 0.3) is 0 Å². The second kappa shape index (κ2) is 6.26. The minimum absolute atomic E-state index is 0.151. The predicted octanol–water partition coefficient (Wildman–Crippen LogP) is 2.83. The first-order valence-electron chi connectivity index (χ1n) is 5.89. The molecule has 0 heterocycles. The molecule has 6 heteroatoms. The Kier molecular flexibility index (Phi) is 4.65. The summed E-state index contributed by atoms with van der Waals surface area (Å²) in [6.07, 6.45) is 0. The van der Waals surface area contributed by atoms with E-state index in [1.807, 2.05) is 0 Å². The summed E-state index contributed by atoms with van der Waals surface area (Å²) in [7, 11) is -1.98. The fourth-order valence-corrected chi connectivity index (χ4v) is 2.96. The topological polar surface area (TPSA) is 55.4 Å². The zero-order valence-electron chi connectivity index (χ0n) is 10.8. The third-order valence-corrected chi connectivity index (χ3v) is 4.37. The number of hydrogen-bond donors (Lipinski definition) is 1. The van der Waals surface area contributed by atoms with Crippen LogP contribution in [0.5, 0.6) is 5.75 Å². The van der Waals surface area contributed by atoms with Crippen LogP contribution in [0, 0.1) is 0 Å². The molecule has 0 aromatic heterocycles. The average Bonchev–Trinajstić information content (AvgIpc) is 2.46. The molecule has 0 bridgehead atoms. The largest absolute Gasteiger partial charge is 0.497 e. The maximum absolute atomic E-state index is 12.1. The summed E-state index contributed by atoms with van der Waals surface area (Å²) in [5.41, 5.74) is 0.844. The van der Waals surface area contributed by atoms with Gasteiger partial charge < -0.3 is 4.74 Å². The molecule has 0 fully saturated rings. The summed E-state index contributed by atoms with van der Waals surface area (Å²) >= 11 is 5.80. The van der Waals surface area contributed by atoms with Crippen LogP contribution in [0.3, 0.4) is 0 Å². The van der Waals surface area contributed by atoms with Crippen LogP contribution in [0.4, 0.5) is 0 Å². The number of halogens is 1. The number of ether oxygens (including phenoxy) is 1. The second-order valence-corrected chi connectivity index (χ2v) is 6.33. The van der Waals surface area contributed by atoms with Crippen LogP contribution in [-0.4, -0.2) is 15.5 Å². The molecule has 2 aromatic rings. The van der Waals surface area contributed by atoms with Gasteiger partial charge >= 0.3 is 0 Å². The highest BCUT2D eigenvalue weighted by atomic mass is 35.5. The summed E-state index contributed by atoms with van der Waals surface area (Å²) in [5.74, 6) is 0.728. The van der Waals surface area contributed by atoms with Gasteiger partial charge in [0.2, 0.25) is 10.0 Å². The van der Waals surface area contributed by atoms with Crippen LogP contribution in [-0.2, 0) is 16.6 Å². The van der Waals surface area contributed by atoms with E-state index in [9.17, 15) is 8.42 Å². The first-order valence-corrected chi connectivity index (χ1v) is 7.75. The lowest BCUT2D eigenvalue weighted by molar-refractivity contribution is 0.414. The maximum Gasteiger partial charge on any atom is 0.240 e. The van der Waals surface area contributed by atoms with Crippen molar-refractivity contribution >= 4 is 21.6 Å². The molecule has 0 unspecified atom stereocenters. The van der Waals surface area contributed by atoms with E-state index in [0.717, 1.165) is 11.3 Å². The second-order valence-electron chi connectivity index (χ2n) is 4.13. The molecule has 0 atom stereocenters. The Morgan fingerprint density at radius 2 is 1.85 bits per heavy atom. The van der Waals surface area contributed by atoms with E-state index >= 15 is 0 Å². The van der Waals surface area contributed by atoms with Crippen LogP contribution >= 0.6 is 11.6 Å². The fourth-order valence-electron chi connectivity index (χ4n) is 1.64. The molecule has 0 aliphatic carbocycles. The number of nitrogens with one attached hydrogen (secondary N) is 1. The van der Waals surface area contributed by atoms with Crippen molar-refractivity contribution in [2.45, 2.75) is 11.4 Å². The van der Waals surface area contributed by atoms with E-state index < -0.39 is 10.0 Å². The molecule has 0 aliphatic heterocycles. The van der Waals surface area contributed by atoms with Gasteiger partial charge in [-0.05, 0) is 35.9 Å². The molecule has 4 nitrogen and oxygen atoms in total. The molecule has 2 rings (SSSR count). The van der Waals surface area contributed by atoms with Crippen molar-refractivity contribution in [2.75, 3.05) is 7.11 Å². The molecule has 1 N–H and O–H groups in total. The van der Waals surface area contributed by atoms with Crippen molar-refractivity contribution in [3.63, 3.8) is 0 Å². The van der Waals surface area contributed by atoms with Gasteiger partial charge in [-0.15, -0.1) is 0 Å². The van der Waals surface area contributed by atoms with Crippen molar-refractivity contribution in [1.82, 2.24) is 4.72 Å². The lowest BCUT2D eigenvalue weighted by Gasteiger charge is -2.07. The lowest BCUT2D eigenvalue weighted by atomic mass is 10.2. The molecule has 0 saturated heterocycles. The Morgan fingerprint density at radius 1 is 1.15 bits per heavy atom. The van der Waals surface area contributed by atoms with Crippen LogP contribution in [0.15, 0.2) is 53.4 Å². The quantitative estimate of drug-likeness (QED) is 0.924. The summed E-state index contributed by atoms with van der Waals surface area (Å²) < 4.78 is 31.7. The smallest absolute Gasteiger partial charge is 0.240 e. The molecule has 2 aromatic carbocycles. The Labute approximate surface area is 123 Å². The summed E-state index contributed by atoms with van der Waals surface area (Å²) in [5, 5.41) is 0.386. The first-order chi connectivity index (χ1) is 9.51. The highest BCUT2D eigenvalue weighted by molar-refractivity contribution is 7.89. The van der Waals surface area contributed by atoms with Gasteiger partial charge in [-0.2, -0.15) is 0 Å². The number of rotatable bonds is 5. The molecule has 106 valence electrons. The standard InChI is InChI=1S/C14H14ClNO3S/c1-19-13-7-5-11(6-8-13)10-16-20(17,18)14-4-2-3-12(15)9-14/h2-9,16H,10H2,1H3. The van der Waals surface area contributed by atoms with Crippen LogP contribution in [0.2, 0.25) is 5.02 Å². The van der Waals surface area contributed by atoms with E-state index in [2.05, 4.69) is 4.72 Å². The lowest BCUT2D eigenvalue weighted by Crippen LogP contribution is -2.23. The Hall–Kier alpha value is -1.56. The summed E-state index contributed by atoms with van der Waals surface area (Å²) in [4.78, 5) is 0.151. The SMILES string of the molecule is COc1ccc(CNS(=O)(=O)c2cccc(Cl)c2)cc1. The Bertz CT molecular complexity index is 684. The molecule has 0 amide bonds. The monoisotopic (exact) mass is 311 g/mol. The van der Waals surface area contributed by atoms with Gasteiger partial charge in [-0.3, -0.25) is 0 Å². The van der Waals surface area contributed by atoms with E-state index in [1.54, 1.807) is 43.5 Å². The third-order valence-electron chi connectivity index (χ3n) is 2.73. The van der Waals surface area contributed by atoms with Crippen LogP contribution in [0.1, 0.15) is 5.56 Å². The van der Waals surface area contributed by atoms with E-state index in [4.69, 9.17) is 16.3 Å². The molecule has 0 radical (unpaired) electrons. The Morgan fingerprint density at radius 3 is 2.45 bits per heavy atom. The maximum atomic E-state index is 12.1. The number of hydrogen-bond acceptors (Lipinski definition) is 3. The van der Waals surface area contributed by atoms with Crippen molar-refractivity contribution in [3.8, 4) is 5.75 Å². The molecular weight excluding hydrogens is 298 g/mol. The predicted molar refractivity (Wildman–Crippen MR) is 78.5 cm³/mol. The van der Waals surface area contributed by atoms with Gasteiger partial charge in [0.25, 0.3) is 0 Å². The van der Waals surface area contributed by atoms with Gasteiger partial charge in [-0.1, -0.05) is 29.8 Å². The van der Waals surface area contributed by atoms with Crippen molar-refractivity contribution in [2.24, 2.45) is 0 Å². The minimum atomic E-state index is -3.56. The highest BCUT2D eigenvalue weighted by Crippen LogP contribution is 2.16. The molecular formula is C14H14ClNO3S. The third kappa shape index (κ3) is 3.72. The van der Waals surface area contributed by atoms with Gasteiger partial charge in [0.15, 0.2) is 0 Å². The van der Waals surface area contributed by atoms with Gasteiger partial charge in [0, 0.05) is 11.6 Å². The average molecular weight is 312 g/mol. The van der Waals surface area contributed by atoms with Crippen molar-refractivity contribution in [1.29, 1.82) is 0 Å². The minimum Gasteiger partial charge on any atom is -0.497 e. The molecule has 0 spiro atoms. The van der Waals surface area contributed by atoms with Gasteiger partial charge in [0.05, 0.1) is 12.0 Å². The van der Waals surface area contributed by atoms with E-state index in [1.165, 1.54) is 12.1 Å². The Balaban J connectivity index is 2.09. The summed E-state index contributed by atoms with van der Waals surface area (Å²) in [6, 6.07) is 13.3. The zero-order chi connectivity index (χ0) is 14.6. The first kappa shape index (κ1) is 14.8. The van der Waals surface area contributed by atoms with E-state index in [-0.39, 0.29) is 11.4 Å². The molecule has 0 aliphatic rings. The van der Waals surface area contributed by atoms with Crippen molar-refractivity contribution in [3.05, 3.63) is 59.1 Å². The fraction of sp³-hybridized carbons (Fsp3) is 0.143. The summed E-state index contributed by atoms with van der Waals surface area (Å²) in [6.45, 7) is 0.207. The zero-order valence-corrected chi connectivity index (χ0v) is 12.4. The number of benzene rings is 2. The van der Waals surface area contributed by atoms with Gasteiger partial charge in [-0.25, -0.2) is 13.1 Å². The normalized spacial score (nSPS) is 11.3. The molecule has 20 heavy (non-hydrogen) atoms. The highest BCUT2D eigenvalue weighted by Gasteiger charge is 2.13. The number of sulfonamides is 1.